The maximum Gasteiger partial charge on any atom is 0.181 e. The van der Waals surface area contributed by atoms with Crippen molar-refractivity contribution in [2.75, 3.05) is 25.2 Å². The standard InChI is InChI=1S/C23H30N6O2S/c1-15-11-16(2)22(17(3)12-15)29-23(26-27-28-29)21(20-19(13-30-4)31-14-25-20)24-8-5-18-6-9-32-10-7-18/h5,11-12,14,21,24H,6-10,13H2,1-4H3. The van der Waals surface area contributed by atoms with Gasteiger partial charge in [-0.1, -0.05) is 29.3 Å². The maximum atomic E-state index is 5.62. The number of aromatic nitrogens is 5. The first-order valence-electron chi connectivity index (χ1n) is 10.8. The highest BCUT2D eigenvalue weighted by Gasteiger charge is 2.28. The van der Waals surface area contributed by atoms with Crippen LogP contribution in [0.4, 0.5) is 0 Å². The Labute approximate surface area is 192 Å². The summed E-state index contributed by atoms with van der Waals surface area (Å²) in [4.78, 5) is 4.51. The average Bonchev–Trinajstić information content (AvgIpc) is 3.42. The van der Waals surface area contributed by atoms with Gasteiger partial charge in [-0.05, 0) is 66.7 Å². The second-order valence-electron chi connectivity index (χ2n) is 8.11. The van der Waals surface area contributed by atoms with Gasteiger partial charge in [-0.2, -0.15) is 16.4 Å². The molecule has 0 radical (unpaired) electrons. The number of allylic oxidation sites excluding steroid dienone is 1. The third-order valence-electron chi connectivity index (χ3n) is 5.67. The van der Waals surface area contributed by atoms with E-state index in [0.717, 1.165) is 35.3 Å². The van der Waals surface area contributed by atoms with Crippen LogP contribution in [0.2, 0.25) is 0 Å². The number of nitrogens with zero attached hydrogens (tertiary/aromatic N) is 5. The van der Waals surface area contributed by atoms with Gasteiger partial charge in [0.05, 0.1) is 5.69 Å². The van der Waals surface area contributed by atoms with E-state index in [0.29, 0.717) is 24.7 Å². The van der Waals surface area contributed by atoms with E-state index in [-0.39, 0.29) is 6.04 Å². The quantitative estimate of drug-likeness (QED) is 0.513. The lowest BCUT2D eigenvalue weighted by Crippen LogP contribution is -2.27. The fourth-order valence-corrected chi connectivity index (χ4v) is 5.28. The van der Waals surface area contributed by atoms with E-state index in [1.807, 2.05) is 16.4 Å². The predicted octanol–water partition coefficient (Wildman–Crippen LogP) is 3.85. The normalized spacial score (nSPS) is 15.2. The van der Waals surface area contributed by atoms with Crippen LogP contribution in [0.25, 0.3) is 5.69 Å². The van der Waals surface area contributed by atoms with Crippen molar-refractivity contribution in [3.8, 4) is 5.69 Å². The predicted molar refractivity (Wildman–Crippen MR) is 125 cm³/mol. The van der Waals surface area contributed by atoms with Crippen molar-refractivity contribution in [1.29, 1.82) is 0 Å². The van der Waals surface area contributed by atoms with Gasteiger partial charge in [0.25, 0.3) is 0 Å². The van der Waals surface area contributed by atoms with E-state index >= 15 is 0 Å². The van der Waals surface area contributed by atoms with Gasteiger partial charge in [0.2, 0.25) is 0 Å². The summed E-state index contributed by atoms with van der Waals surface area (Å²) in [6, 6.07) is 3.95. The number of tetrazole rings is 1. The van der Waals surface area contributed by atoms with Crippen molar-refractivity contribution >= 4 is 11.8 Å². The molecule has 1 aliphatic heterocycles. The number of nitrogens with one attached hydrogen (secondary N) is 1. The van der Waals surface area contributed by atoms with Gasteiger partial charge in [-0.15, -0.1) is 5.10 Å². The minimum atomic E-state index is -0.344. The monoisotopic (exact) mass is 454 g/mol. The van der Waals surface area contributed by atoms with Gasteiger partial charge in [0.15, 0.2) is 18.0 Å². The molecule has 32 heavy (non-hydrogen) atoms. The Balaban J connectivity index is 1.71. The Kier molecular flexibility index (Phi) is 7.39. The number of hydrogen-bond acceptors (Lipinski definition) is 8. The van der Waals surface area contributed by atoms with Crippen LogP contribution in [0, 0.1) is 20.8 Å². The smallest absolute Gasteiger partial charge is 0.181 e. The highest BCUT2D eigenvalue weighted by atomic mass is 32.2. The second-order valence-corrected chi connectivity index (χ2v) is 9.33. The largest absolute Gasteiger partial charge is 0.446 e. The zero-order valence-corrected chi connectivity index (χ0v) is 19.9. The zero-order valence-electron chi connectivity index (χ0n) is 19.1. The molecule has 4 rings (SSSR count). The summed E-state index contributed by atoms with van der Waals surface area (Å²) >= 11 is 2.02. The van der Waals surface area contributed by atoms with Crippen LogP contribution in [0.5, 0.6) is 0 Å². The van der Waals surface area contributed by atoms with Gasteiger partial charge in [0.1, 0.15) is 18.3 Å². The molecule has 1 aromatic carbocycles. The molecule has 8 nitrogen and oxygen atoms in total. The van der Waals surface area contributed by atoms with Crippen LogP contribution in [0.3, 0.4) is 0 Å². The average molecular weight is 455 g/mol. The molecule has 3 heterocycles. The van der Waals surface area contributed by atoms with E-state index in [1.165, 1.54) is 29.0 Å². The molecule has 0 spiro atoms. The first-order chi connectivity index (χ1) is 15.6. The maximum absolute atomic E-state index is 5.62. The molecule has 1 unspecified atom stereocenters. The van der Waals surface area contributed by atoms with Crippen LogP contribution >= 0.6 is 11.8 Å². The number of rotatable bonds is 8. The Morgan fingerprint density at radius 1 is 1.22 bits per heavy atom. The zero-order chi connectivity index (χ0) is 22.5. The molecular formula is C23H30N6O2S. The Bertz CT molecular complexity index is 1060. The van der Waals surface area contributed by atoms with E-state index < -0.39 is 0 Å². The van der Waals surface area contributed by atoms with Crippen molar-refractivity contribution in [2.24, 2.45) is 0 Å². The van der Waals surface area contributed by atoms with Crippen molar-refractivity contribution in [3.63, 3.8) is 0 Å². The van der Waals surface area contributed by atoms with Gasteiger partial charge in [0, 0.05) is 13.7 Å². The summed E-state index contributed by atoms with van der Waals surface area (Å²) < 4.78 is 12.8. The topological polar surface area (TPSA) is 90.9 Å². The molecule has 2 aromatic heterocycles. The summed E-state index contributed by atoms with van der Waals surface area (Å²) in [7, 11) is 1.64. The first-order valence-corrected chi connectivity index (χ1v) is 12.0. The number of ether oxygens (including phenoxy) is 1. The molecule has 0 bridgehead atoms. The van der Waals surface area contributed by atoms with Gasteiger partial charge >= 0.3 is 0 Å². The van der Waals surface area contributed by atoms with Crippen molar-refractivity contribution < 1.29 is 9.15 Å². The van der Waals surface area contributed by atoms with Crippen molar-refractivity contribution in [2.45, 2.75) is 46.3 Å². The molecule has 1 N–H and O–H groups in total. The molecule has 1 saturated heterocycles. The van der Waals surface area contributed by atoms with Crippen LogP contribution in [-0.2, 0) is 11.3 Å². The molecule has 0 aliphatic carbocycles. The molecular weight excluding hydrogens is 424 g/mol. The molecule has 0 saturated carbocycles. The van der Waals surface area contributed by atoms with Crippen LogP contribution in [0.15, 0.2) is 34.6 Å². The molecule has 0 amide bonds. The van der Waals surface area contributed by atoms with Gasteiger partial charge < -0.3 is 9.15 Å². The number of methoxy groups -OCH3 is 1. The summed E-state index contributed by atoms with van der Waals surface area (Å²) in [6.45, 7) is 7.29. The lowest BCUT2D eigenvalue weighted by atomic mass is 10.0. The first kappa shape index (κ1) is 22.7. The highest BCUT2D eigenvalue weighted by Crippen LogP contribution is 2.28. The third-order valence-corrected chi connectivity index (χ3v) is 6.65. The summed E-state index contributed by atoms with van der Waals surface area (Å²) in [5.74, 6) is 3.73. The number of oxazole rings is 1. The van der Waals surface area contributed by atoms with E-state index in [9.17, 15) is 0 Å². The number of aryl methyl sites for hydroxylation is 3. The van der Waals surface area contributed by atoms with Gasteiger partial charge in [-0.25, -0.2) is 4.98 Å². The fraction of sp³-hybridized carbons (Fsp3) is 0.478. The van der Waals surface area contributed by atoms with Crippen LogP contribution < -0.4 is 5.32 Å². The Morgan fingerprint density at radius 2 is 1.97 bits per heavy atom. The van der Waals surface area contributed by atoms with E-state index in [2.05, 4.69) is 64.8 Å². The van der Waals surface area contributed by atoms with E-state index in [4.69, 9.17) is 9.15 Å². The number of benzene rings is 1. The van der Waals surface area contributed by atoms with Crippen LogP contribution in [0.1, 0.15) is 52.9 Å². The minimum absolute atomic E-state index is 0.329. The lowest BCUT2D eigenvalue weighted by molar-refractivity contribution is 0.162. The third kappa shape index (κ3) is 4.95. The molecule has 1 aliphatic rings. The summed E-state index contributed by atoms with van der Waals surface area (Å²) in [5.41, 5.74) is 6.67. The van der Waals surface area contributed by atoms with E-state index in [1.54, 1.807) is 7.11 Å². The van der Waals surface area contributed by atoms with Crippen LogP contribution in [-0.4, -0.2) is 50.4 Å². The molecule has 1 fully saturated rings. The second kappa shape index (κ2) is 10.4. The number of hydrogen-bond donors (Lipinski definition) is 1. The Hall–Kier alpha value is -2.49. The van der Waals surface area contributed by atoms with Gasteiger partial charge in [-0.3, -0.25) is 5.32 Å². The SMILES string of the molecule is COCc1ocnc1C(NCC=C1CCSCC1)c1nnnn1-c1c(C)cc(C)cc1C. The Morgan fingerprint density at radius 3 is 2.69 bits per heavy atom. The minimum Gasteiger partial charge on any atom is -0.446 e. The number of thioether (sulfide) groups is 1. The molecule has 170 valence electrons. The molecule has 9 heteroatoms. The highest BCUT2D eigenvalue weighted by molar-refractivity contribution is 7.99. The van der Waals surface area contributed by atoms with Crippen molar-refractivity contribution in [1.82, 2.24) is 30.5 Å². The summed E-state index contributed by atoms with van der Waals surface area (Å²) in [5, 5.41) is 16.4. The molecule has 1 atom stereocenters. The lowest BCUT2D eigenvalue weighted by Gasteiger charge is -2.19. The molecule has 3 aromatic rings. The fourth-order valence-electron chi connectivity index (χ4n) is 4.26. The van der Waals surface area contributed by atoms with Crippen molar-refractivity contribution in [3.05, 3.63) is 64.1 Å². The summed E-state index contributed by atoms with van der Waals surface area (Å²) in [6.07, 6.45) is 6.04.